The number of methoxy groups -OCH3 is 1. The van der Waals surface area contributed by atoms with Crippen LogP contribution < -0.4 is 9.46 Å². The molecule has 37 heavy (non-hydrogen) atoms. The smallest absolute Gasteiger partial charge is 0.279 e. The molecule has 3 aromatic rings. The topological polar surface area (TPSA) is 100 Å². The maximum atomic E-state index is 13.2. The summed E-state index contributed by atoms with van der Waals surface area (Å²) in [5.41, 5.74) is 2.11. The summed E-state index contributed by atoms with van der Waals surface area (Å²) in [5, 5.41) is 0.564. The third-order valence-corrected chi connectivity index (χ3v) is 7.33. The first-order valence-electron chi connectivity index (χ1n) is 11.2. The van der Waals surface area contributed by atoms with E-state index in [0.717, 1.165) is 5.56 Å². The quantitative estimate of drug-likeness (QED) is 0.501. The van der Waals surface area contributed by atoms with E-state index in [1.165, 1.54) is 31.4 Å². The van der Waals surface area contributed by atoms with Crippen molar-refractivity contribution in [2.45, 2.75) is 11.4 Å². The van der Waals surface area contributed by atoms with Gasteiger partial charge in [-0.05, 0) is 60.2 Å². The van der Waals surface area contributed by atoms with Gasteiger partial charge in [0.1, 0.15) is 11.6 Å². The second-order valence-electron chi connectivity index (χ2n) is 8.20. The van der Waals surface area contributed by atoms with E-state index in [1.807, 2.05) is 29.2 Å². The number of aliphatic imine (C=N–C) groups is 2. The van der Waals surface area contributed by atoms with Gasteiger partial charge in [-0.2, -0.15) is 4.99 Å². The molecule has 5 rings (SSSR count). The molecule has 1 N–H and O–H groups in total. The molecule has 8 nitrogen and oxygen atoms in total. The molecular formula is C27H21ClN4O4S. The van der Waals surface area contributed by atoms with Crippen LogP contribution in [-0.2, 0) is 16.6 Å². The van der Waals surface area contributed by atoms with Crippen LogP contribution in [0.5, 0.6) is 5.75 Å². The van der Waals surface area contributed by atoms with Gasteiger partial charge in [-0.3, -0.25) is 9.52 Å². The highest BCUT2D eigenvalue weighted by atomic mass is 35.5. The van der Waals surface area contributed by atoms with Crippen LogP contribution in [-0.4, -0.2) is 38.0 Å². The maximum Gasteiger partial charge on any atom is 0.279 e. The summed E-state index contributed by atoms with van der Waals surface area (Å²) in [4.78, 5) is 23.9. The predicted octanol–water partition coefficient (Wildman–Crippen LogP) is 4.95. The van der Waals surface area contributed by atoms with Gasteiger partial charge in [0.25, 0.3) is 15.9 Å². The highest BCUT2D eigenvalue weighted by Crippen LogP contribution is 2.24. The first-order valence-corrected chi connectivity index (χ1v) is 13.1. The lowest BCUT2D eigenvalue weighted by Gasteiger charge is -2.21. The predicted molar refractivity (Wildman–Crippen MR) is 144 cm³/mol. The van der Waals surface area contributed by atoms with E-state index in [9.17, 15) is 13.2 Å². The zero-order valence-electron chi connectivity index (χ0n) is 19.6. The van der Waals surface area contributed by atoms with E-state index >= 15 is 0 Å². The summed E-state index contributed by atoms with van der Waals surface area (Å²) in [5.74, 6) is 0.813. The zero-order chi connectivity index (χ0) is 26.0. The molecule has 3 aromatic carbocycles. The number of sulfonamides is 1. The number of hydrogen-bond donors (Lipinski definition) is 1. The molecule has 0 unspecified atom stereocenters. The van der Waals surface area contributed by atoms with Crippen LogP contribution in [0.1, 0.15) is 21.5 Å². The largest absolute Gasteiger partial charge is 0.497 e. The molecule has 10 heteroatoms. The van der Waals surface area contributed by atoms with Crippen LogP contribution in [0.25, 0.3) is 0 Å². The van der Waals surface area contributed by atoms with Crippen LogP contribution in [0.3, 0.4) is 0 Å². The number of ether oxygens (including phenoxy) is 1. The van der Waals surface area contributed by atoms with Crippen molar-refractivity contribution in [2.75, 3.05) is 11.8 Å². The third kappa shape index (κ3) is 5.32. The lowest BCUT2D eigenvalue weighted by atomic mass is 10.1. The number of nitrogens with one attached hydrogen (secondary N) is 1. The van der Waals surface area contributed by atoms with Crippen LogP contribution in [0.4, 0.5) is 5.69 Å². The van der Waals surface area contributed by atoms with Crippen LogP contribution in [0.2, 0.25) is 0 Å². The molecule has 0 bridgehead atoms. The highest BCUT2D eigenvalue weighted by molar-refractivity contribution is 7.92. The number of anilines is 1. The molecule has 2 heterocycles. The van der Waals surface area contributed by atoms with Crippen LogP contribution >= 0.6 is 11.6 Å². The minimum atomic E-state index is -3.95. The van der Waals surface area contributed by atoms with E-state index in [1.54, 1.807) is 42.6 Å². The van der Waals surface area contributed by atoms with Gasteiger partial charge in [-0.1, -0.05) is 41.9 Å². The number of halogens is 1. The molecule has 0 atom stereocenters. The Kier molecular flexibility index (Phi) is 6.64. The molecule has 2 aliphatic rings. The molecular weight excluding hydrogens is 512 g/mol. The standard InChI is InChI=1S/C27H21ClN4O4S/c1-36-22-12-10-21(11-13-22)31-37(34,35)23-7-4-6-18(15-23)27(33)30-26-24-8-3-2-5-19(24)16-32-17-20(28)9-14-25(32)29-26/h2-15,17,31H,16H2,1H3. The second-order valence-corrected chi connectivity index (χ2v) is 10.3. The van der Waals surface area contributed by atoms with E-state index in [4.69, 9.17) is 16.3 Å². The lowest BCUT2D eigenvalue weighted by Crippen LogP contribution is -2.25. The molecule has 0 saturated carbocycles. The van der Waals surface area contributed by atoms with Gasteiger partial charge in [-0.25, -0.2) is 13.4 Å². The number of amides is 1. The number of allylic oxidation sites excluding steroid dienone is 2. The van der Waals surface area contributed by atoms with E-state index in [0.29, 0.717) is 34.4 Å². The average molecular weight is 533 g/mol. The number of nitrogens with zero attached hydrogens (tertiary/aromatic N) is 3. The molecule has 0 aromatic heterocycles. The third-order valence-electron chi connectivity index (χ3n) is 5.73. The number of carbonyl (C=O) groups excluding carboxylic acids is 1. The Bertz CT molecular complexity index is 1610. The highest BCUT2D eigenvalue weighted by Gasteiger charge is 2.22. The summed E-state index contributed by atoms with van der Waals surface area (Å²) in [7, 11) is -2.42. The number of hydrogen-bond acceptors (Lipinski definition) is 5. The minimum absolute atomic E-state index is 0.0666. The minimum Gasteiger partial charge on any atom is -0.497 e. The van der Waals surface area contributed by atoms with Gasteiger partial charge < -0.3 is 9.64 Å². The fraction of sp³-hybridized carbons (Fsp3) is 0.0741. The van der Waals surface area contributed by atoms with Crippen molar-refractivity contribution in [2.24, 2.45) is 9.98 Å². The zero-order valence-corrected chi connectivity index (χ0v) is 21.2. The summed E-state index contributed by atoms with van der Waals surface area (Å²) in [6.07, 6.45) is 5.24. The first-order chi connectivity index (χ1) is 17.8. The Morgan fingerprint density at radius 2 is 1.84 bits per heavy atom. The molecule has 0 aliphatic carbocycles. The number of amidine groups is 2. The molecule has 2 aliphatic heterocycles. The monoisotopic (exact) mass is 532 g/mol. The summed E-state index contributed by atoms with van der Waals surface area (Å²) in [6.45, 7) is 0.507. The SMILES string of the molecule is COc1ccc(NS(=O)(=O)c2cccc(C(=O)N=C3N=C4C=CC(Cl)=CN4Cc4ccccc43)c2)cc1. The summed E-state index contributed by atoms with van der Waals surface area (Å²) >= 11 is 6.17. The van der Waals surface area contributed by atoms with Gasteiger partial charge in [0.05, 0.1) is 17.0 Å². The van der Waals surface area contributed by atoms with Crippen molar-refractivity contribution < 1.29 is 17.9 Å². The lowest BCUT2D eigenvalue weighted by molar-refractivity contribution is 0.100. The molecule has 0 spiro atoms. The van der Waals surface area contributed by atoms with Crippen LogP contribution in [0.15, 0.2) is 111 Å². The van der Waals surface area contributed by atoms with Crippen LogP contribution in [0, 0.1) is 0 Å². The maximum absolute atomic E-state index is 13.2. The fourth-order valence-electron chi connectivity index (χ4n) is 3.88. The molecule has 0 saturated heterocycles. The first kappa shape index (κ1) is 24.5. The van der Waals surface area contributed by atoms with Gasteiger partial charge in [0.2, 0.25) is 0 Å². The van der Waals surface area contributed by atoms with Gasteiger partial charge >= 0.3 is 0 Å². The number of carbonyl (C=O) groups is 1. The van der Waals surface area contributed by atoms with Gasteiger partial charge in [0.15, 0.2) is 5.84 Å². The Morgan fingerprint density at radius 1 is 1.05 bits per heavy atom. The Morgan fingerprint density at radius 3 is 2.62 bits per heavy atom. The Balaban J connectivity index is 1.47. The van der Waals surface area contributed by atoms with Crippen molar-refractivity contribution in [3.8, 4) is 5.75 Å². The molecule has 1 amide bonds. The second kappa shape index (κ2) is 10.0. The average Bonchev–Trinajstić information content (AvgIpc) is 3.05. The van der Waals surface area contributed by atoms with Crippen molar-refractivity contribution in [3.63, 3.8) is 0 Å². The number of benzene rings is 3. The Hall–Kier alpha value is -4.21. The summed E-state index contributed by atoms with van der Waals surface area (Å²) < 4.78 is 33.6. The van der Waals surface area contributed by atoms with E-state index < -0.39 is 15.9 Å². The normalized spacial score (nSPS) is 15.7. The van der Waals surface area contributed by atoms with Crippen molar-refractivity contribution >= 4 is 44.9 Å². The van der Waals surface area contributed by atoms with E-state index in [2.05, 4.69) is 14.7 Å². The van der Waals surface area contributed by atoms with Crippen molar-refractivity contribution in [3.05, 3.63) is 113 Å². The van der Waals surface area contributed by atoms with Crippen molar-refractivity contribution in [1.29, 1.82) is 0 Å². The number of rotatable bonds is 5. The fourth-order valence-corrected chi connectivity index (χ4v) is 5.16. The van der Waals surface area contributed by atoms with E-state index in [-0.39, 0.29) is 16.3 Å². The van der Waals surface area contributed by atoms with Crippen molar-refractivity contribution in [1.82, 2.24) is 4.90 Å². The molecule has 0 radical (unpaired) electrons. The number of fused-ring (bicyclic) bond motifs is 2. The summed E-state index contributed by atoms with van der Waals surface area (Å²) in [6, 6.07) is 19.7. The Labute approximate surface area is 219 Å². The molecule has 186 valence electrons. The van der Waals surface area contributed by atoms with Gasteiger partial charge in [0, 0.05) is 29.6 Å². The van der Waals surface area contributed by atoms with Gasteiger partial charge in [-0.15, -0.1) is 0 Å². The molecule has 0 fully saturated rings.